The van der Waals surface area contributed by atoms with Crippen molar-refractivity contribution >= 4 is 8.32 Å². The quantitative estimate of drug-likeness (QED) is 0.716. The molecular weight excluding hydrogens is 340 g/mol. The van der Waals surface area contributed by atoms with Crippen LogP contribution in [0.3, 0.4) is 0 Å². The molecule has 0 N–H and O–H groups in total. The van der Waals surface area contributed by atoms with Crippen molar-refractivity contribution in [3.05, 3.63) is 35.9 Å². The minimum atomic E-state index is -1.75. The first-order valence-corrected chi connectivity index (χ1v) is 12.9. The van der Waals surface area contributed by atoms with Gasteiger partial charge in [0.05, 0.1) is 12.2 Å². The summed E-state index contributed by atoms with van der Waals surface area (Å²) in [5, 5.41) is 2.24. The van der Waals surface area contributed by atoms with E-state index in [0.29, 0.717) is 12.1 Å². The number of benzene rings is 1. The van der Waals surface area contributed by atoms with E-state index < -0.39 is 8.32 Å². The fourth-order valence-corrected chi connectivity index (χ4v) is 5.22. The lowest BCUT2D eigenvalue weighted by Gasteiger charge is -2.38. The second kappa shape index (κ2) is 7.72. The zero-order valence-corrected chi connectivity index (χ0v) is 18.4. The van der Waals surface area contributed by atoms with Gasteiger partial charge in [0.15, 0.2) is 8.32 Å². The van der Waals surface area contributed by atoms with Crippen LogP contribution in [-0.4, -0.2) is 56.7 Å². The van der Waals surface area contributed by atoms with Crippen LogP contribution >= 0.6 is 0 Å². The van der Waals surface area contributed by atoms with Crippen molar-refractivity contribution in [2.75, 3.05) is 20.1 Å². The standard InChI is InChI=1S/C21H36N2O2Si/c1-21(2,3)26(5,6)25-18-14-19(20-12-13-22(4)24-20)23(16-18)15-17-10-8-7-9-11-17/h7-11,18-20H,12-16H2,1-6H3/t18-,19+,20-/m1/s1. The fourth-order valence-electron chi connectivity index (χ4n) is 3.86. The highest BCUT2D eigenvalue weighted by Gasteiger charge is 2.45. The van der Waals surface area contributed by atoms with E-state index in [-0.39, 0.29) is 11.1 Å². The van der Waals surface area contributed by atoms with Gasteiger partial charge < -0.3 is 4.43 Å². The maximum absolute atomic E-state index is 6.78. The topological polar surface area (TPSA) is 24.9 Å². The summed E-state index contributed by atoms with van der Waals surface area (Å²) < 4.78 is 6.78. The predicted octanol–water partition coefficient (Wildman–Crippen LogP) is 4.29. The Labute approximate surface area is 160 Å². The van der Waals surface area contributed by atoms with Crippen molar-refractivity contribution in [2.24, 2.45) is 0 Å². The molecule has 0 aliphatic carbocycles. The molecule has 0 aromatic heterocycles. The van der Waals surface area contributed by atoms with Gasteiger partial charge in [0.25, 0.3) is 0 Å². The van der Waals surface area contributed by atoms with Crippen LogP contribution in [0.15, 0.2) is 30.3 Å². The number of nitrogens with zero attached hydrogens (tertiary/aromatic N) is 2. The summed E-state index contributed by atoms with van der Waals surface area (Å²) >= 11 is 0. The minimum Gasteiger partial charge on any atom is -0.413 e. The molecule has 2 aliphatic heterocycles. The van der Waals surface area contributed by atoms with Gasteiger partial charge in [-0.15, -0.1) is 0 Å². The van der Waals surface area contributed by atoms with E-state index in [4.69, 9.17) is 9.26 Å². The summed E-state index contributed by atoms with van der Waals surface area (Å²) in [6.07, 6.45) is 2.80. The van der Waals surface area contributed by atoms with Gasteiger partial charge in [-0.2, -0.15) is 5.06 Å². The van der Waals surface area contributed by atoms with E-state index in [1.165, 1.54) is 5.56 Å². The van der Waals surface area contributed by atoms with Crippen LogP contribution in [-0.2, 0) is 15.8 Å². The summed E-state index contributed by atoms with van der Waals surface area (Å²) in [4.78, 5) is 8.70. The molecule has 1 aromatic rings. The highest BCUT2D eigenvalue weighted by atomic mass is 28.4. The first-order chi connectivity index (χ1) is 12.2. The van der Waals surface area contributed by atoms with Gasteiger partial charge in [0.2, 0.25) is 0 Å². The molecule has 2 fully saturated rings. The third-order valence-electron chi connectivity index (χ3n) is 6.38. The molecule has 2 saturated heterocycles. The Morgan fingerprint density at radius 1 is 1.19 bits per heavy atom. The second-order valence-corrected chi connectivity index (χ2v) is 14.3. The summed E-state index contributed by atoms with van der Waals surface area (Å²) in [5.74, 6) is 0. The lowest BCUT2D eigenvalue weighted by molar-refractivity contribution is -0.144. The summed E-state index contributed by atoms with van der Waals surface area (Å²) in [6, 6.07) is 11.2. The van der Waals surface area contributed by atoms with Crippen molar-refractivity contribution in [3.63, 3.8) is 0 Å². The molecule has 0 amide bonds. The number of hydrogen-bond acceptors (Lipinski definition) is 4. The average Bonchev–Trinajstić information content (AvgIpc) is 3.13. The van der Waals surface area contributed by atoms with E-state index >= 15 is 0 Å². The van der Waals surface area contributed by atoms with Crippen LogP contribution in [0.2, 0.25) is 18.1 Å². The summed E-state index contributed by atoms with van der Waals surface area (Å²) in [6.45, 7) is 14.7. The average molecular weight is 377 g/mol. The van der Waals surface area contributed by atoms with Crippen LogP contribution in [0.1, 0.15) is 39.2 Å². The summed E-state index contributed by atoms with van der Waals surface area (Å²) in [7, 11) is 0.290. The number of hydroxylamine groups is 2. The molecule has 0 spiro atoms. The number of hydrogen-bond donors (Lipinski definition) is 0. The lowest BCUT2D eigenvalue weighted by atomic mass is 10.0. The Morgan fingerprint density at radius 3 is 2.46 bits per heavy atom. The molecule has 146 valence electrons. The lowest BCUT2D eigenvalue weighted by Crippen LogP contribution is -2.44. The molecule has 26 heavy (non-hydrogen) atoms. The molecule has 4 nitrogen and oxygen atoms in total. The first kappa shape index (κ1) is 20.0. The molecule has 0 radical (unpaired) electrons. The Hall–Kier alpha value is -0.723. The van der Waals surface area contributed by atoms with Gasteiger partial charge in [-0.25, -0.2) is 0 Å². The molecule has 3 rings (SSSR count). The van der Waals surface area contributed by atoms with Crippen molar-refractivity contribution in [3.8, 4) is 0 Å². The molecule has 2 aliphatic rings. The van der Waals surface area contributed by atoms with E-state index in [0.717, 1.165) is 32.5 Å². The van der Waals surface area contributed by atoms with E-state index in [9.17, 15) is 0 Å². The molecular formula is C21H36N2O2Si. The molecule has 0 unspecified atom stereocenters. The second-order valence-electron chi connectivity index (χ2n) is 9.50. The molecule has 3 atom stereocenters. The van der Waals surface area contributed by atoms with Gasteiger partial charge >= 0.3 is 0 Å². The van der Waals surface area contributed by atoms with Gasteiger partial charge in [-0.05, 0) is 36.5 Å². The Bertz CT molecular complexity index is 587. The van der Waals surface area contributed by atoms with Crippen molar-refractivity contribution in [1.29, 1.82) is 0 Å². The van der Waals surface area contributed by atoms with E-state index in [1.54, 1.807) is 0 Å². The monoisotopic (exact) mass is 376 g/mol. The van der Waals surface area contributed by atoms with E-state index in [1.807, 2.05) is 12.1 Å². The van der Waals surface area contributed by atoms with Gasteiger partial charge in [0, 0.05) is 32.7 Å². The van der Waals surface area contributed by atoms with Crippen LogP contribution in [0, 0.1) is 0 Å². The smallest absolute Gasteiger partial charge is 0.192 e. The van der Waals surface area contributed by atoms with Crippen LogP contribution in [0.5, 0.6) is 0 Å². The third kappa shape index (κ3) is 4.57. The number of likely N-dealkylation sites (tertiary alicyclic amines) is 1. The molecule has 2 heterocycles. The maximum Gasteiger partial charge on any atom is 0.192 e. The van der Waals surface area contributed by atoms with Crippen LogP contribution < -0.4 is 0 Å². The van der Waals surface area contributed by atoms with Gasteiger partial charge in [0.1, 0.15) is 0 Å². The normalized spacial score (nSPS) is 28.8. The zero-order valence-electron chi connectivity index (χ0n) is 17.4. The Balaban J connectivity index is 1.72. The predicted molar refractivity (Wildman–Crippen MR) is 109 cm³/mol. The van der Waals surface area contributed by atoms with Gasteiger partial charge in [-0.1, -0.05) is 51.1 Å². The largest absolute Gasteiger partial charge is 0.413 e. The Morgan fingerprint density at radius 2 is 1.88 bits per heavy atom. The van der Waals surface area contributed by atoms with Gasteiger partial charge in [-0.3, -0.25) is 9.74 Å². The zero-order chi connectivity index (χ0) is 18.9. The highest BCUT2D eigenvalue weighted by molar-refractivity contribution is 6.74. The number of rotatable bonds is 5. The molecule has 5 heteroatoms. The van der Waals surface area contributed by atoms with Crippen LogP contribution in [0.4, 0.5) is 0 Å². The Kier molecular flexibility index (Phi) is 5.95. The third-order valence-corrected chi connectivity index (χ3v) is 10.9. The molecule has 1 aromatic carbocycles. The highest BCUT2D eigenvalue weighted by Crippen LogP contribution is 2.40. The van der Waals surface area contributed by atoms with E-state index in [2.05, 4.69) is 69.1 Å². The van der Waals surface area contributed by atoms with Crippen LogP contribution in [0.25, 0.3) is 0 Å². The molecule has 0 saturated carbocycles. The fraction of sp³-hybridized carbons (Fsp3) is 0.714. The van der Waals surface area contributed by atoms with Crippen molar-refractivity contribution in [2.45, 2.75) is 76.5 Å². The summed E-state index contributed by atoms with van der Waals surface area (Å²) in [5.41, 5.74) is 1.37. The minimum absolute atomic E-state index is 0.249. The maximum atomic E-state index is 6.78. The van der Waals surface area contributed by atoms with Crippen molar-refractivity contribution < 1.29 is 9.26 Å². The molecule has 0 bridgehead atoms. The van der Waals surface area contributed by atoms with Crippen molar-refractivity contribution in [1.82, 2.24) is 9.96 Å². The first-order valence-electron chi connectivity index (χ1n) is 9.99. The SMILES string of the molecule is CN1CC[C@H]([C@@H]2C[C@@H](O[Si](C)(C)C(C)(C)C)CN2Cc2ccccc2)O1.